The number of carboxylic acid groups (broad SMARTS) is 3. The minimum atomic E-state index is -1.56. The number of aromatic nitrogens is 3. The zero-order valence-electron chi connectivity index (χ0n) is 8.41. The molecule has 12 nitrogen and oxygen atoms in total. The van der Waals surface area contributed by atoms with Gasteiger partial charge in [0.1, 0.15) is 5.69 Å². The summed E-state index contributed by atoms with van der Waals surface area (Å²) in [6.45, 7) is 0. The molecule has 0 atom stereocenters. The molecule has 18 heavy (non-hydrogen) atoms. The monoisotopic (exact) mass is 258 g/mol. The molecule has 0 aliphatic heterocycles. The second-order valence-corrected chi connectivity index (χ2v) is 2.65. The highest BCUT2D eigenvalue weighted by Crippen LogP contribution is 2.25. The molecule has 3 amide bonds. The standard InChI is InChI=1S/C6H6N6O6/c13-4(14)7-1-2(8-5(15)16)10-12-11-3(1)9-6(17)18/h(H,7,12)(H,13,14)(H,15,16)(H,17,18)(H2,8,9,10,11). The molecule has 1 aromatic rings. The molecule has 1 aromatic heterocycles. The number of nitrogens with one attached hydrogen (secondary N) is 3. The van der Waals surface area contributed by atoms with Crippen molar-refractivity contribution in [3.63, 3.8) is 0 Å². The molecule has 12 heteroatoms. The summed E-state index contributed by atoms with van der Waals surface area (Å²) in [4.78, 5) is 31.4. The first-order valence-electron chi connectivity index (χ1n) is 4.13. The molecule has 96 valence electrons. The van der Waals surface area contributed by atoms with Gasteiger partial charge in [0, 0.05) is 0 Å². The fourth-order valence-electron chi connectivity index (χ4n) is 0.927. The summed E-state index contributed by atoms with van der Waals surface area (Å²) in [5.41, 5.74) is -0.484. The van der Waals surface area contributed by atoms with E-state index in [-0.39, 0.29) is 0 Å². The van der Waals surface area contributed by atoms with Crippen molar-refractivity contribution in [2.24, 2.45) is 0 Å². The number of hydrogen-bond acceptors (Lipinski definition) is 6. The molecular weight excluding hydrogens is 252 g/mol. The van der Waals surface area contributed by atoms with Crippen molar-refractivity contribution >= 4 is 35.6 Å². The molecule has 0 aromatic carbocycles. The molecule has 1 heterocycles. The summed E-state index contributed by atoms with van der Waals surface area (Å²) in [6, 6.07) is 0. The highest BCUT2D eigenvalue weighted by molar-refractivity contribution is 5.99. The van der Waals surface area contributed by atoms with Gasteiger partial charge in [-0.25, -0.2) is 14.4 Å². The first-order valence-corrected chi connectivity index (χ1v) is 4.13. The quantitative estimate of drug-likeness (QED) is 0.438. The van der Waals surface area contributed by atoms with E-state index in [0.717, 1.165) is 0 Å². The summed E-state index contributed by atoms with van der Waals surface area (Å²) < 4.78 is 0. The molecule has 0 aliphatic carbocycles. The fourth-order valence-corrected chi connectivity index (χ4v) is 0.927. The molecule has 0 unspecified atom stereocenters. The van der Waals surface area contributed by atoms with Gasteiger partial charge in [-0.1, -0.05) is 0 Å². The van der Waals surface area contributed by atoms with E-state index in [1.165, 1.54) is 0 Å². The van der Waals surface area contributed by atoms with Crippen LogP contribution in [0.3, 0.4) is 0 Å². The van der Waals surface area contributed by atoms with Crippen molar-refractivity contribution in [3.05, 3.63) is 0 Å². The van der Waals surface area contributed by atoms with Crippen LogP contribution in [-0.4, -0.2) is 49.0 Å². The Balaban J connectivity index is 3.19. The van der Waals surface area contributed by atoms with Gasteiger partial charge < -0.3 is 15.3 Å². The van der Waals surface area contributed by atoms with Crippen LogP contribution in [0, 0.1) is 0 Å². The van der Waals surface area contributed by atoms with Crippen LogP contribution >= 0.6 is 0 Å². The smallest absolute Gasteiger partial charge is 0.410 e. The van der Waals surface area contributed by atoms with E-state index >= 15 is 0 Å². The summed E-state index contributed by atoms with van der Waals surface area (Å²) in [5, 5.41) is 40.3. The third-order valence-corrected chi connectivity index (χ3v) is 1.45. The van der Waals surface area contributed by atoms with Crippen LogP contribution in [-0.2, 0) is 0 Å². The van der Waals surface area contributed by atoms with Gasteiger partial charge in [-0.3, -0.25) is 16.0 Å². The van der Waals surface area contributed by atoms with E-state index in [0.29, 0.717) is 0 Å². The molecule has 0 bridgehead atoms. The zero-order valence-corrected chi connectivity index (χ0v) is 8.41. The van der Waals surface area contributed by atoms with E-state index in [9.17, 15) is 14.4 Å². The third-order valence-electron chi connectivity index (χ3n) is 1.45. The second kappa shape index (κ2) is 5.24. The van der Waals surface area contributed by atoms with Gasteiger partial charge in [-0.2, -0.15) is 0 Å². The number of carbonyl (C=O) groups is 3. The maximum atomic E-state index is 10.5. The Labute approximate surface area is 97.6 Å². The zero-order chi connectivity index (χ0) is 13.7. The molecular formula is C6H6N6O6. The molecule has 1 rings (SSSR count). The summed E-state index contributed by atoms with van der Waals surface area (Å²) in [6.07, 6.45) is -4.64. The molecule has 0 aliphatic rings. The molecule has 0 saturated heterocycles. The lowest BCUT2D eigenvalue weighted by atomic mass is 10.4. The van der Waals surface area contributed by atoms with Crippen LogP contribution in [0.25, 0.3) is 0 Å². The van der Waals surface area contributed by atoms with Gasteiger partial charge in [-0.05, 0) is 5.21 Å². The van der Waals surface area contributed by atoms with Gasteiger partial charge in [0.2, 0.25) is 0 Å². The lowest BCUT2D eigenvalue weighted by molar-refractivity contribution is 0.207. The maximum absolute atomic E-state index is 10.5. The normalized spacial score (nSPS) is 9.33. The molecule has 0 radical (unpaired) electrons. The largest absolute Gasteiger partial charge is 0.465 e. The lowest BCUT2D eigenvalue weighted by Gasteiger charge is -2.09. The fraction of sp³-hybridized carbons (Fsp3) is 0. The van der Waals surface area contributed by atoms with Crippen molar-refractivity contribution in [1.29, 1.82) is 0 Å². The first kappa shape index (κ1) is 12.9. The van der Waals surface area contributed by atoms with Gasteiger partial charge in [0.05, 0.1) is 0 Å². The average Bonchev–Trinajstić information content (AvgIpc) is 2.20. The van der Waals surface area contributed by atoms with Gasteiger partial charge in [0.15, 0.2) is 11.6 Å². The number of amides is 3. The maximum Gasteiger partial charge on any atom is 0.410 e. The second-order valence-electron chi connectivity index (χ2n) is 2.65. The highest BCUT2D eigenvalue weighted by Gasteiger charge is 2.18. The minimum absolute atomic E-state index is 0.484. The van der Waals surface area contributed by atoms with Gasteiger partial charge >= 0.3 is 18.3 Å². The van der Waals surface area contributed by atoms with Crippen molar-refractivity contribution in [1.82, 2.24) is 15.4 Å². The Morgan fingerprint density at radius 2 is 1.17 bits per heavy atom. The van der Waals surface area contributed by atoms with E-state index in [1.54, 1.807) is 16.0 Å². The predicted molar refractivity (Wildman–Crippen MR) is 54.8 cm³/mol. The molecule has 0 saturated carbocycles. The molecule has 0 fully saturated rings. The van der Waals surface area contributed by atoms with Gasteiger partial charge in [-0.15, -0.1) is 10.2 Å². The number of nitrogens with zero attached hydrogens (tertiary/aromatic N) is 3. The molecule has 0 spiro atoms. The Bertz CT molecular complexity index is 469. The van der Waals surface area contributed by atoms with Crippen molar-refractivity contribution < 1.29 is 29.7 Å². The average molecular weight is 258 g/mol. The van der Waals surface area contributed by atoms with Crippen LogP contribution in [0.4, 0.5) is 31.7 Å². The van der Waals surface area contributed by atoms with Crippen molar-refractivity contribution in [2.75, 3.05) is 16.0 Å². The van der Waals surface area contributed by atoms with Crippen molar-refractivity contribution in [3.8, 4) is 0 Å². The van der Waals surface area contributed by atoms with E-state index < -0.39 is 35.6 Å². The lowest BCUT2D eigenvalue weighted by Crippen LogP contribution is -2.19. The third kappa shape index (κ3) is 3.44. The molecule has 6 N–H and O–H groups in total. The van der Waals surface area contributed by atoms with Crippen LogP contribution < -0.4 is 16.0 Å². The highest BCUT2D eigenvalue weighted by atomic mass is 16.4. The Hall–Kier alpha value is -3.18. The summed E-state index contributed by atoms with van der Waals surface area (Å²) in [7, 11) is 0. The van der Waals surface area contributed by atoms with E-state index in [1.807, 2.05) is 0 Å². The van der Waals surface area contributed by atoms with Gasteiger partial charge in [0.25, 0.3) is 0 Å². The predicted octanol–water partition coefficient (Wildman–Crippen LogP) is 0.141. The number of anilines is 3. The van der Waals surface area contributed by atoms with Crippen LogP contribution in [0.15, 0.2) is 0 Å². The summed E-state index contributed by atoms with van der Waals surface area (Å²) in [5.74, 6) is -1.02. The SMILES string of the molecule is O=C(O)Nc1nnnc(NC(=O)O)c1NC(=O)O. The summed E-state index contributed by atoms with van der Waals surface area (Å²) >= 11 is 0. The van der Waals surface area contributed by atoms with E-state index in [2.05, 4.69) is 15.4 Å². The van der Waals surface area contributed by atoms with Crippen LogP contribution in [0.5, 0.6) is 0 Å². The number of hydrogen-bond donors (Lipinski definition) is 6. The topological polar surface area (TPSA) is 187 Å². The van der Waals surface area contributed by atoms with E-state index in [4.69, 9.17) is 15.3 Å². The minimum Gasteiger partial charge on any atom is -0.465 e. The van der Waals surface area contributed by atoms with Crippen LogP contribution in [0.2, 0.25) is 0 Å². The number of rotatable bonds is 3. The Morgan fingerprint density at radius 1 is 0.778 bits per heavy atom. The first-order chi connectivity index (χ1) is 8.40. The Morgan fingerprint density at radius 3 is 1.50 bits per heavy atom. The Kier molecular flexibility index (Phi) is 3.75. The van der Waals surface area contributed by atoms with Crippen LogP contribution in [0.1, 0.15) is 0 Å². The van der Waals surface area contributed by atoms with Crippen molar-refractivity contribution in [2.45, 2.75) is 0 Å².